The predicted octanol–water partition coefficient (Wildman–Crippen LogP) is 5.73. The van der Waals surface area contributed by atoms with E-state index in [0.717, 1.165) is 18.4 Å². The largest absolute Gasteiger partial charge is 0.519 e. The average Bonchev–Trinajstić information content (AvgIpc) is 2.86. The zero-order valence-electron chi connectivity index (χ0n) is 24.0. The molecule has 0 spiro atoms. The summed E-state index contributed by atoms with van der Waals surface area (Å²) in [5, 5.41) is 0. The predicted molar refractivity (Wildman–Crippen MR) is 152 cm³/mol. The molecule has 7 nitrogen and oxygen atoms in total. The Bertz CT molecular complexity index is 641. The quantitative estimate of drug-likeness (QED) is 0.184. The Balaban J connectivity index is 3.67. The van der Waals surface area contributed by atoms with Crippen molar-refractivity contribution in [1.82, 2.24) is 4.90 Å². The first kappa shape index (κ1) is 33.1. The molecule has 0 saturated heterocycles. The van der Waals surface area contributed by atoms with E-state index in [9.17, 15) is 0 Å². The van der Waals surface area contributed by atoms with Crippen LogP contribution in [0.2, 0.25) is 0 Å². The maximum atomic E-state index is 6.42. The molecule has 0 amide bonds. The molecule has 0 fully saturated rings. The minimum absolute atomic E-state index is 0.0871. The zero-order chi connectivity index (χ0) is 26.9. The summed E-state index contributed by atoms with van der Waals surface area (Å²) < 4.78 is 38.5. The summed E-state index contributed by atoms with van der Waals surface area (Å²) >= 11 is 0. The van der Waals surface area contributed by atoms with Crippen molar-refractivity contribution in [3.05, 3.63) is 42.0 Å². The molecule has 0 N–H and O–H groups in total. The molecular weight excluding hydrogens is 490 g/mol. The lowest BCUT2D eigenvalue weighted by Crippen LogP contribution is -2.70. The molecule has 0 aromatic heterocycles. The van der Waals surface area contributed by atoms with Gasteiger partial charge in [-0.25, -0.2) is 0 Å². The fraction of sp³-hybridized carbons (Fsp3) is 0.704. The van der Waals surface area contributed by atoms with Gasteiger partial charge in [-0.15, -0.1) is 0 Å². The Morgan fingerprint density at radius 2 is 0.972 bits per heavy atom. The van der Waals surface area contributed by atoms with E-state index in [2.05, 4.69) is 55.2 Å². The normalized spacial score (nSPS) is 14.6. The summed E-state index contributed by atoms with van der Waals surface area (Å²) in [6, 6.07) is 10.3. The molecule has 0 saturated carbocycles. The first-order valence-electron chi connectivity index (χ1n) is 13.8. The molecule has 2 unspecified atom stereocenters. The van der Waals surface area contributed by atoms with Crippen LogP contribution in [0, 0.1) is 0 Å². The van der Waals surface area contributed by atoms with Crippen LogP contribution >= 0.6 is 0 Å². The van der Waals surface area contributed by atoms with Gasteiger partial charge in [-0.1, -0.05) is 56.3 Å². The Morgan fingerprint density at radius 1 is 0.611 bits per heavy atom. The van der Waals surface area contributed by atoms with Gasteiger partial charge >= 0.3 is 17.6 Å². The van der Waals surface area contributed by atoms with Crippen molar-refractivity contribution in [3.63, 3.8) is 0 Å². The van der Waals surface area contributed by atoms with Crippen molar-refractivity contribution in [1.29, 1.82) is 0 Å². The van der Waals surface area contributed by atoms with E-state index < -0.39 is 17.6 Å². The number of nitrogens with zero attached hydrogens (tertiary/aromatic N) is 1. The van der Waals surface area contributed by atoms with Crippen LogP contribution in [-0.4, -0.2) is 80.0 Å². The lowest BCUT2D eigenvalue weighted by atomic mass is 10.2. The van der Waals surface area contributed by atoms with Crippen LogP contribution in [-0.2, 0) is 26.6 Å². The summed E-state index contributed by atoms with van der Waals surface area (Å²) in [4.78, 5) is 2.43. The first-order valence-corrected chi connectivity index (χ1v) is 17.4. The lowest BCUT2D eigenvalue weighted by Gasteiger charge is -2.47. The fourth-order valence-electron chi connectivity index (χ4n) is 4.76. The summed E-state index contributed by atoms with van der Waals surface area (Å²) in [6.45, 7) is 20.2. The van der Waals surface area contributed by atoms with Crippen LogP contribution in [0.3, 0.4) is 0 Å². The number of benzene rings is 1. The Hall–Kier alpha value is -0.886. The van der Waals surface area contributed by atoms with E-state index in [1.807, 2.05) is 47.6 Å². The van der Waals surface area contributed by atoms with E-state index in [0.29, 0.717) is 46.2 Å². The standard InChI is InChI=1S/C27H51NO6Si2/c1-9-26(35(29-11-3,30-12-4)31-13-5)28(24-20-23-25-21-18-17-19-22-25)27(10-2)36(32-14-6,33-15-7)34-16-8/h17-23,26-27H,9-16,24H2,1-8H3. The average molecular weight is 542 g/mol. The molecule has 1 rings (SSSR count). The third kappa shape index (κ3) is 9.14. The summed E-state index contributed by atoms with van der Waals surface area (Å²) in [6.07, 6.45) is 5.96. The van der Waals surface area contributed by atoms with Crippen molar-refractivity contribution in [2.24, 2.45) is 0 Å². The van der Waals surface area contributed by atoms with Crippen LogP contribution < -0.4 is 0 Å². The third-order valence-electron chi connectivity index (χ3n) is 5.89. The van der Waals surface area contributed by atoms with Crippen molar-refractivity contribution < 1.29 is 26.6 Å². The van der Waals surface area contributed by atoms with Gasteiger partial charge in [-0.2, -0.15) is 0 Å². The molecule has 1 aromatic carbocycles. The second-order valence-electron chi connectivity index (χ2n) is 8.16. The number of hydrogen-bond donors (Lipinski definition) is 0. The van der Waals surface area contributed by atoms with Gasteiger partial charge in [0.1, 0.15) is 0 Å². The molecule has 1 aromatic rings. The molecule has 0 bridgehead atoms. The molecule has 36 heavy (non-hydrogen) atoms. The van der Waals surface area contributed by atoms with Gasteiger partial charge in [-0.05, 0) is 59.9 Å². The van der Waals surface area contributed by atoms with Gasteiger partial charge in [0.15, 0.2) is 0 Å². The SMILES string of the molecule is CCO[Si](OCC)(OCC)C(CC)N(CC=Cc1ccccc1)C(CC)[Si](OCC)(OCC)OCC. The van der Waals surface area contributed by atoms with Crippen molar-refractivity contribution >= 4 is 23.7 Å². The van der Waals surface area contributed by atoms with Crippen LogP contribution in [0.25, 0.3) is 6.08 Å². The van der Waals surface area contributed by atoms with Crippen LogP contribution in [0.4, 0.5) is 0 Å². The van der Waals surface area contributed by atoms with Crippen molar-refractivity contribution in [2.45, 2.75) is 79.6 Å². The summed E-state index contributed by atoms with van der Waals surface area (Å²) in [5.41, 5.74) is 0.983. The minimum Gasteiger partial charge on any atom is -0.373 e. The molecule has 0 radical (unpaired) electrons. The molecule has 208 valence electrons. The Kier molecular flexibility index (Phi) is 16.9. The molecular formula is C27H51NO6Si2. The van der Waals surface area contributed by atoms with Crippen molar-refractivity contribution in [3.8, 4) is 0 Å². The Labute approximate surface area is 222 Å². The molecule has 0 aliphatic heterocycles. The lowest BCUT2D eigenvalue weighted by molar-refractivity contribution is 0.00563. The number of rotatable bonds is 21. The fourth-order valence-corrected chi connectivity index (χ4v) is 11.4. The summed E-state index contributed by atoms with van der Waals surface area (Å²) in [7, 11) is -6.19. The third-order valence-corrected chi connectivity index (χ3v) is 13.1. The maximum Gasteiger partial charge on any atom is 0.519 e. The molecule has 9 heteroatoms. The highest BCUT2D eigenvalue weighted by Crippen LogP contribution is 2.31. The van der Waals surface area contributed by atoms with E-state index in [-0.39, 0.29) is 11.3 Å². The highest BCUT2D eigenvalue weighted by atomic mass is 28.4. The van der Waals surface area contributed by atoms with Crippen LogP contribution in [0.1, 0.15) is 73.8 Å². The second kappa shape index (κ2) is 18.4. The first-order chi connectivity index (χ1) is 17.5. The maximum absolute atomic E-state index is 6.42. The molecule has 0 heterocycles. The van der Waals surface area contributed by atoms with Gasteiger partial charge in [0, 0.05) is 46.2 Å². The smallest absolute Gasteiger partial charge is 0.373 e. The van der Waals surface area contributed by atoms with Gasteiger partial charge < -0.3 is 26.6 Å². The Morgan fingerprint density at radius 3 is 1.28 bits per heavy atom. The van der Waals surface area contributed by atoms with E-state index in [1.165, 1.54) is 0 Å². The second-order valence-corrected chi connectivity index (χ2v) is 13.6. The topological polar surface area (TPSA) is 58.6 Å². The molecule has 0 aliphatic rings. The number of hydrogen-bond acceptors (Lipinski definition) is 7. The van der Waals surface area contributed by atoms with Gasteiger partial charge in [0.25, 0.3) is 0 Å². The van der Waals surface area contributed by atoms with Crippen LogP contribution in [0.15, 0.2) is 36.4 Å². The van der Waals surface area contributed by atoms with E-state index in [4.69, 9.17) is 26.6 Å². The van der Waals surface area contributed by atoms with E-state index >= 15 is 0 Å². The van der Waals surface area contributed by atoms with Gasteiger partial charge in [0.05, 0.1) is 11.3 Å². The minimum atomic E-state index is -3.10. The zero-order valence-corrected chi connectivity index (χ0v) is 26.0. The van der Waals surface area contributed by atoms with Crippen LogP contribution in [0.5, 0.6) is 0 Å². The van der Waals surface area contributed by atoms with Gasteiger partial charge in [-0.3, -0.25) is 4.90 Å². The van der Waals surface area contributed by atoms with E-state index in [1.54, 1.807) is 0 Å². The molecule has 0 aliphatic carbocycles. The highest BCUT2D eigenvalue weighted by molar-refractivity contribution is 6.64. The summed E-state index contributed by atoms with van der Waals surface area (Å²) in [5.74, 6) is 0. The monoisotopic (exact) mass is 541 g/mol. The molecule has 2 atom stereocenters. The van der Waals surface area contributed by atoms with Gasteiger partial charge in [0.2, 0.25) is 0 Å². The van der Waals surface area contributed by atoms with Crippen molar-refractivity contribution in [2.75, 3.05) is 46.2 Å². The highest BCUT2D eigenvalue weighted by Gasteiger charge is 2.58.